The van der Waals surface area contributed by atoms with Gasteiger partial charge in [-0.3, -0.25) is 9.20 Å². The molecule has 9 heteroatoms. The molecule has 0 saturated heterocycles. The van der Waals surface area contributed by atoms with E-state index in [4.69, 9.17) is 4.74 Å². The minimum absolute atomic E-state index is 0.234. The maximum absolute atomic E-state index is 12.7. The molecular formula is C20H22N4O4S. The first-order valence-electron chi connectivity index (χ1n) is 9.63. The topological polar surface area (TPSA) is 94.7 Å². The van der Waals surface area contributed by atoms with Gasteiger partial charge >= 0.3 is 11.7 Å². The number of rotatable bonds is 5. The van der Waals surface area contributed by atoms with Crippen molar-refractivity contribution < 1.29 is 14.3 Å². The molecule has 0 aromatic carbocycles. The Morgan fingerprint density at radius 2 is 2.21 bits per heavy atom. The highest BCUT2D eigenvalue weighted by Gasteiger charge is 2.29. The van der Waals surface area contributed by atoms with Crippen LogP contribution in [-0.2, 0) is 28.9 Å². The lowest BCUT2D eigenvalue weighted by molar-refractivity contribution is -0.116. The Hall–Kier alpha value is -2.94. The second kappa shape index (κ2) is 7.82. The Morgan fingerprint density at radius 3 is 2.97 bits per heavy atom. The first-order valence-corrected chi connectivity index (χ1v) is 10.4. The summed E-state index contributed by atoms with van der Waals surface area (Å²) in [5.41, 5.74) is 1.51. The Morgan fingerprint density at radius 1 is 1.38 bits per heavy atom. The van der Waals surface area contributed by atoms with Crippen LogP contribution in [0.3, 0.4) is 0 Å². The zero-order valence-electron chi connectivity index (χ0n) is 16.3. The maximum Gasteiger partial charge on any atom is 0.350 e. The van der Waals surface area contributed by atoms with Crippen molar-refractivity contribution >= 4 is 33.9 Å². The summed E-state index contributed by atoms with van der Waals surface area (Å²) in [4.78, 5) is 38.7. The molecule has 1 amide bonds. The number of carbonyl (C=O) groups is 2. The summed E-state index contributed by atoms with van der Waals surface area (Å²) in [6, 6.07) is 5.20. The van der Waals surface area contributed by atoms with Gasteiger partial charge in [0.25, 0.3) is 0 Å². The van der Waals surface area contributed by atoms with Crippen LogP contribution in [0.2, 0.25) is 0 Å². The number of aromatic nitrogens is 3. The van der Waals surface area contributed by atoms with Crippen LogP contribution in [0.1, 0.15) is 41.1 Å². The van der Waals surface area contributed by atoms with Gasteiger partial charge in [0.1, 0.15) is 11.5 Å². The molecule has 3 aromatic rings. The quantitative estimate of drug-likeness (QED) is 0.648. The number of hydrogen-bond donors (Lipinski definition) is 1. The largest absolute Gasteiger partial charge is 0.462 e. The normalized spacial score (nSPS) is 15.9. The molecule has 0 aliphatic heterocycles. The number of carbonyl (C=O) groups excluding carboxylic acids is 2. The minimum Gasteiger partial charge on any atom is -0.462 e. The predicted octanol–water partition coefficient (Wildman–Crippen LogP) is 2.50. The van der Waals surface area contributed by atoms with Gasteiger partial charge in [0, 0.05) is 11.1 Å². The van der Waals surface area contributed by atoms with Gasteiger partial charge in [0.15, 0.2) is 5.65 Å². The monoisotopic (exact) mass is 414 g/mol. The number of nitrogens with zero attached hydrogens (tertiary/aromatic N) is 3. The van der Waals surface area contributed by atoms with Crippen LogP contribution < -0.4 is 11.0 Å². The van der Waals surface area contributed by atoms with Crippen molar-refractivity contribution in [1.82, 2.24) is 14.2 Å². The summed E-state index contributed by atoms with van der Waals surface area (Å²) in [6.07, 6.45) is 4.28. The lowest BCUT2D eigenvalue weighted by Gasteiger charge is -2.18. The number of amides is 1. The summed E-state index contributed by atoms with van der Waals surface area (Å²) in [6.45, 7) is 3.97. The summed E-state index contributed by atoms with van der Waals surface area (Å²) < 4.78 is 7.72. The second-order valence-corrected chi connectivity index (χ2v) is 8.30. The average molecular weight is 414 g/mol. The molecule has 1 atom stereocenters. The highest BCUT2D eigenvalue weighted by atomic mass is 32.1. The van der Waals surface area contributed by atoms with Crippen molar-refractivity contribution in [2.45, 2.75) is 39.7 Å². The van der Waals surface area contributed by atoms with E-state index in [1.54, 1.807) is 31.3 Å². The zero-order chi connectivity index (χ0) is 20.5. The van der Waals surface area contributed by atoms with Crippen LogP contribution in [-0.4, -0.2) is 32.7 Å². The van der Waals surface area contributed by atoms with E-state index in [1.807, 2.05) is 0 Å². The molecule has 4 rings (SSSR count). The Kier molecular flexibility index (Phi) is 5.23. The van der Waals surface area contributed by atoms with Crippen molar-refractivity contribution in [3.8, 4) is 0 Å². The fourth-order valence-corrected chi connectivity index (χ4v) is 5.05. The molecule has 0 bridgehead atoms. The predicted molar refractivity (Wildman–Crippen MR) is 110 cm³/mol. The van der Waals surface area contributed by atoms with Crippen LogP contribution >= 0.6 is 11.3 Å². The molecule has 3 aromatic heterocycles. The molecular weight excluding hydrogens is 392 g/mol. The molecule has 0 spiro atoms. The third kappa shape index (κ3) is 3.69. The SMILES string of the molecule is CCOC(=O)c1c(NC(=O)Cn2nc3ccccn3c2=O)sc2c1CCC(C)C2. The summed E-state index contributed by atoms with van der Waals surface area (Å²) in [5.74, 6) is -0.288. The van der Waals surface area contributed by atoms with E-state index in [-0.39, 0.29) is 18.8 Å². The smallest absolute Gasteiger partial charge is 0.350 e. The molecule has 152 valence electrons. The van der Waals surface area contributed by atoms with E-state index < -0.39 is 11.9 Å². The van der Waals surface area contributed by atoms with Crippen LogP contribution in [0, 0.1) is 5.92 Å². The third-order valence-electron chi connectivity index (χ3n) is 5.03. The summed E-state index contributed by atoms with van der Waals surface area (Å²) in [5, 5.41) is 7.48. The van der Waals surface area contributed by atoms with Gasteiger partial charge in [-0.2, -0.15) is 0 Å². The molecule has 1 unspecified atom stereocenters. The van der Waals surface area contributed by atoms with Gasteiger partial charge in [0.05, 0.1) is 12.2 Å². The van der Waals surface area contributed by atoms with Crippen molar-refractivity contribution in [2.24, 2.45) is 5.92 Å². The Labute approximate surface area is 171 Å². The third-order valence-corrected chi connectivity index (χ3v) is 6.20. The molecule has 3 heterocycles. The van der Waals surface area contributed by atoms with E-state index in [0.717, 1.165) is 34.4 Å². The molecule has 1 aliphatic carbocycles. The van der Waals surface area contributed by atoms with E-state index in [1.165, 1.54) is 15.7 Å². The highest BCUT2D eigenvalue weighted by Crippen LogP contribution is 2.40. The molecule has 0 radical (unpaired) electrons. The van der Waals surface area contributed by atoms with Gasteiger partial charge in [-0.15, -0.1) is 16.4 Å². The highest BCUT2D eigenvalue weighted by molar-refractivity contribution is 7.17. The number of ether oxygens (including phenoxy) is 1. The average Bonchev–Trinajstić information content (AvgIpc) is 3.19. The standard InChI is InChI=1S/C20H22N4O4S/c1-3-28-19(26)17-13-8-7-12(2)10-14(13)29-18(17)21-16(25)11-24-20(27)23-9-5-4-6-15(23)22-24/h4-6,9,12H,3,7-8,10-11H2,1-2H3,(H,21,25). The van der Waals surface area contributed by atoms with Gasteiger partial charge in [0.2, 0.25) is 5.91 Å². The molecule has 29 heavy (non-hydrogen) atoms. The number of nitrogens with one attached hydrogen (secondary N) is 1. The van der Waals surface area contributed by atoms with Crippen molar-refractivity contribution in [3.05, 3.63) is 50.9 Å². The number of anilines is 1. The second-order valence-electron chi connectivity index (χ2n) is 7.19. The summed E-state index contributed by atoms with van der Waals surface area (Å²) in [7, 11) is 0. The van der Waals surface area contributed by atoms with Gasteiger partial charge < -0.3 is 10.1 Å². The van der Waals surface area contributed by atoms with E-state index in [2.05, 4.69) is 17.3 Å². The van der Waals surface area contributed by atoms with Crippen molar-refractivity contribution in [3.63, 3.8) is 0 Å². The number of fused-ring (bicyclic) bond motifs is 2. The van der Waals surface area contributed by atoms with Gasteiger partial charge in [-0.1, -0.05) is 13.0 Å². The Bertz CT molecular complexity index is 1140. The number of hydrogen-bond acceptors (Lipinski definition) is 6. The molecule has 0 saturated carbocycles. The molecule has 8 nitrogen and oxygen atoms in total. The number of pyridine rings is 1. The van der Waals surface area contributed by atoms with Crippen molar-refractivity contribution in [2.75, 3.05) is 11.9 Å². The molecule has 0 fully saturated rings. The molecule has 1 aliphatic rings. The van der Waals surface area contributed by atoms with Gasteiger partial charge in [-0.25, -0.2) is 14.3 Å². The van der Waals surface area contributed by atoms with Crippen LogP contribution in [0.4, 0.5) is 5.00 Å². The first-order chi connectivity index (χ1) is 14.0. The van der Waals surface area contributed by atoms with E-state index in [9.17, 15) is 14.4 Å². The van der Waals surface area contributed by atoms with Crippen molar-refractivity contribution in [1.29, 1.82) is 0 Å². The van der Waals surface area contributed by atoms with E-state index in [0.29, 0.717) is 22.1 Å². The van der Waals surface area contributed by atoms with E-state index >= 15 is 0 Å². The maximum atomic E-state index is 12.7. The number of thiophene rings is 1. The lowest BCUT2D eigenvalue weighted by atomic mass is 9.88. The lowest BCUT2D eigenvalue weighted by Crippen LogP contribution is -2.28. The zero-order valence-corrected chi connectivity index (χ0v) is 17.1. The fraction of sp³-hybridized carbons (Fsp3) is 0.400. The minimum atomic E-state index is -0.417. The fourth-order valence-electron chi connectivity index (χ4n) is 3.63. The first kappa shape index (κ1) is 19.4. The van der Waals surface area contributed by atoms with Crippen LogP contribution in [0.5, 0.6) is 0 Å². The summed E-state index contributed by atoms with van der Waals surface area (Å²) >= 11 is 1.42. The molecule has 1 N–H and O–H groups in total. The Balaban J connectivity index is 1.61. The van der Waals surface area contributed by atoms with Crippen LogP contribution in [0.15, 0.2) is 29.2 Å². The van der Waals surface area contributed by atoms with Crippen LogP contribution in [0.25, 0.3) is 5.65 Å². The number of esters is 1. The van der Waals surface area contributed by atoms with Gasteiger partial charge in [-0.05, 0) is 49.8 Å².